The molecule has 4 rings (SSSR count). The number of ether oxygens (including phenoxy) is 1. The molecule has 0 bridgehead atoms. The van der Waals surface area contributed by atoms with E-state index in [1.165, 1.54) is 6.08 Å². The van der Waals surface area contributed by atoms with Crippen molar-refractivity contribution in [2.75, 3.05) is 55.8 Å². The van der Waals surface area contributed by atoms with E-state index in [9.17, 15) is 9.59 Å². The van der Waals surface area contributed by atoms with Gasteiger partial charge in [0, 0.05) is 37.9 Å². The quantitative estimate of drug-likeness (QED) is 0.242. The van der Waals surface area contributed by atoms with Gasteiger partial charge in [-0.05, 0) is 48.4 Å². The molecule has 2 amide bonds. The van der Waals surface area contributed by atoms with Crippen molar-refractivity contribution >= 4 is 35.0 Å². The summed E-state index contributed by atoms with van der Waals surface area (Å²) in [6.07, 6.45) is 3.19. The molecule has 8 heteroatoms. The average Bonchev–Trinajstić information content (AvgIpc) is 2.93. The maximum Gasteiger partial charge on any atom is 0.248 e. The largest absolute Gasteiger partial charge is 0.397 e. The van der Waals surface area contributed by atoms with Crippen LogP contribution in [0.5, 0.6) is 0 Å². The molecule has 3 aromatic rings. The molecule has 0 aliphatic carbocycles. The Morgan fingerprint density at radius 3 is 2.39 bits per heavy atom. The molecule has 1 heterocycles. The summed E-state index contributed by atoms with van der Waals surface area (Å²) in [6.45, 7) is 6.78. The minimum Gasteiger partial charge on any atom is -0.397 e. The molecule has 5 N–H and O–H groups in total. The van der Waals surface area contributed by atoms with Crippen LogP contribution in [0.3, 0.4) is 0 Å². The van der Waals surface area contributed by atoms with Gasteiger partial charge in [0.2, 0.25) is 11.8 Å². The van der Waals surface area contributed by atoms with Crippen LogP contribution >= 0.6 is 0 Å². The zero-order chi connectivity index (χ0) is 26.7. The van der Waals surface area contributed by atoms with Gasteiger partial charge in [-0.3, -0.25) is 14.5 Å². The maximum atomic E-state index is 13.3. The summed E-state index contributed by atoms with van der Waals surface area (Å²) < 4.78 is 5.43. The van der Waals surface area contributed by atoms with E-state index >= 15 is 0 Å². The molecule has 1 atom stereocenters. The molecule has 198 valence electrons. The van der Waals surface area contributed by atoms with Crippen molar-refractivity contribution < 1.29 is 14.3 Å². The normalized spacial score (nSPS) is 14.8. The first-order valence-corrected chi connectivity index (χ1v) is 12.8. The molecule has 0 radical (unpaired) electrons. The molecular weight excluding hydrogens is 478 g/mol. The maximum absolute atomic E-state index is 13.3. The van der Waals surface area contributed by atoms with Gasteiger partial charge >= 0.3 is 0 Å². The number of hydrogen-bond donors (Lipinski definition) is 4. The second kappa shape index (κ2) is 13.5. The Morgan fingerprint density at radius 1 is 0.974 bits per heavy atom. The van der Waals surface area contributed by atoms with Gasteiger partial charge in [0.15, 0.2) is 0 Å². The second-order valence-corrected chi connectivity index (χ2v) is 9.27. The van der Waals surface area contributed by atoms with Gasteiger partial charge < -0.3 is 26.4 Å². The lowest BCUT2D eigenvalue weighted by Gasteiger charge is -2.27. The summed E-state index contributed by atoms with van der Waals surface area (Å²) in [5.41, 5.74) is 10.5. The van der Waals surface area contributed by atoms with Gasteiger partial charge in [0.25, 0.3) is 0 Å². The third kappa shape index (κ3) is 8.01. The average molecular weight is 514 g/mol. The predicted molar refractivity (Wildman–Crippen MR) is 153 cm³/mol. The van der Waals surface area contributed by atoms with E-state index in [0.29, 0.717) is 17.9 Å². The molecule has 1 aliphatic heterocycles. The molecule has 0 saturated carbocycles. The number of nitrogens with zero attached hydrogens (tertiary/aromatic N) is 1. The highest BCUT2D eigenvalue weighted by Crippen LogP contribution is 2.19. The second-order valence-electron chi connectivity index (χ2n) is 9.27. The van der Waals surface area contributed by atoms with Crippen molar-refractivity contribution in [3.8, 4) is 0 Å². The molecule has 8 nitrogen and oxygen atoms in total. The van der Waals surface area contributed by atoms with E-state index < -0.39 is 6.04 Å². The van der Waals surface area contributed by atoms with Crippen LogP contribution in [0.25, 0.3) is 6.08 Å². The predicted octanol–water partition coefficient (Wildman–Crippen LogP) is 3.83. The van der Waals surface area contributed by atoms with Crippen LogP contribution < -0.4 is 21.7 Å². The number of carbonyl (C=O) groups excluding carboxylic acids is 2. The monoisotopic (exact) mass is 513 g/mol. The lowest BCUT2D eigenvalue weighted by Crippen LogP contribution is -2.42. The molecule has 0 spiro atoms. The molecule has 1 unspecified atom stereocenters. The van der Waals surface area contributed by atoms with Crippen LogP contribution in [0.15, 0.2) is 78.9 Å². The van der Waals surface area contributed by atoms with Gasteiger partial charge in [0.1, 0.15) is 6.04 Å². The highest BCUT2D eigenvalue weighted by Gasteiger charge is 2.21. The van der Waals surface area contributed by atoms with Crippen LogP contribution in [-0.4, -0.2) is 56.1 Å². The van der Waals surface area contributed by atoms with Crippen molar-refractivity contribution in [2.45, 2.75) is 13.0 Å². The van der Waals surface area contributed by atoms with Crippen molar-refractivity contribution in [1.82, 2.24) is 10.2 Å². The Balaban J connectivity index is 1.41. The van der Waals surface area contributed by atoms with Crippen LogP contribution in [-0.2, 0) is 14.3 Å². The molecular formula is C30H35N5O3. The number of nitrogen functional groups attached to an aromatic ring is 1. The Labute approximate surface area is 223 Å². The number of para-hydroxylation sites is 2. The zero-order valence-corrected chi connectivity index (χ0v) is 21.7. The van der Waals surface area contributed by atoms with E-state index in [2.05, 4.69) is 20.9 Å². The first kappa shape index (κ1) is 27.1. The number of benzene rings is 3. The van der Waals surface area contributed by atoms with Gasteiger partial charge in [-0.1, -0.05) is 54.1 Å². The van der Waals surface area contributed by atoms with E-state index in [0.717, 1.165) is 55.2 Å². The van der Waals surface area contributed by atoms with Crippen molar-refractivity contribution in [2.24, 2.45) is 0 Å². The number of hydrogen-bond acceptors (Lipinski definition) is 6. The zero-order valence-electron chi connectivity index (χ0n) is 21.7. The fraction of sp³-hybridized carbons (Fsp3) is 0.267. The number of nitrogens with one attached hydrogen (secondary N) is 3. The number of nitrogens with two attached hydrogens (primary N) is 1. The fourth-order valence-electron chi connectivity index (χ4n) is 4.16. The van der Waals surface area contributed by atoms with Crippen LogP contribution in [0.2, 0.25) is 0 Å². The highest BCUT2D eigenvalue weighted by atomic mass is 16.5. The molecule has 1 fully saturated rings. The van der Waals surface area contributed by atoms with Gasteiger partial charge in [-0.2, -0.15) is 0 Å². The van der Waals surface area contributed by atoms with Gasteiger partial charge in [0.05, 0.1) is 24.6 Å². The lowest BCUT2D eigenvalue weighted by atomic mass is 10.0. The summed E-state index contributed by atoms with van der Waals surface area (Å²) in [4.78, 5) is 27.9. The summed E-state index contributed by atoms with van der Waals surface area (Å²) in [5.74, 6) is -0.397. The van der Waals surface area contributed by atoms with E-state index in [1.807, 2.05) is 67.6 Å². The minimum absolute atomic E-state index is 0.126. The Kier molecular flexibility index (Phi) is 9.64. The minimum atomic E-state index is -0.528. The number of amides is 2. The first-order valence-electron chi connectivity index (χ1n) is 12.8. The summed E-state index contributed by atoms with van der Waals surface area (Å²) in [6, 6.07) is 21.9. The number of anilines is 3. The Bertz CT molecular complexity index is 1240. The third-order valence-electron chi connectivity index (χ3n) is 6.38. The summed E-state index contributed by atoms with van der Waals surface area (Å²) in [7, 11) is 0. The topological polar surface area (TPSA) is 109 Å². The van der Waals surface area contributed by atoms with Crippen LogP contribution in [0.4, 0.5) is 17.1 Å². The number of carbonyl (C=O) groups is 2. The van der Waals surface area contributed by atoms with E-state index in [-0.39, 0.29) is 11.8 Å². The number of morpholine rings is 1. The van der Waals surface area contributed by atoms with E-state index in [1.54, 1.807) is 18.2 Å². The highest BCUT2D eigenvalue weighted by molar-refractivity contribution is 6.03. The Morgan fingerprint density at radius 2 is 1.68 bits per heavy atom. The molecule has 1 aliphatic rings. The standard InChI is InChI=1S/C30H35N5O3/c1-22-6-13-25(14-7-22)33-30(37)29(32-16-17-35-18-20-38-21-19-35)24-11-8-23(9-12-24)10-15-28(36)34-27-5-3-2-4-26(27)31/h2-15,29,32H,16-21,31H2,1H3,(H,33,37)(H,34,36)/b15-10+. The molecule has 0 aromatic heterocycles. The summed E-state index contributed by atoms with van der Waals surface area (Å²) >= 11 is 0. The van der Waals surface area contributed by atoms with Gasteiger partial charge in [-0.25, -0.2) is 0 Å². The van der Waals surface area contributed by atoms with Crippen LogP contribution in [0, 0.1) is 6.92 Å². The SMILES string of the molecule is Cc1ccc(NC(=O)C(NCCN2CCOCC2)c2ccc(/C=C/C(=O)Nc3ccccc3N)cc2)cc1. The molecule has 3 aromatic carbocycles. The van der Waals surface area contributed by atoms with Crippen molar-refractivity contribution in [1.29, 1.82) is 0 Å². The van der Waals surface area contributed by atoms with Crippen molar-refractivity contribution in [3.05, 3.63) is 95.6 Å². The molecule has 38 heavy (non-hydrogen) atoms. The van der Waals surface area contributed by atoms with Gasteiger partial charge in [-0.15, -0.1) is 0 Å². The fourth-order valence-corrected chi connectivity index (χ4v) is 4.16. The van der Waals surface area contributed by atoms with Crippen LogP contribution in [0.1, 0.15) is 22.7 Å². The van der Waals surface area contributed by atoms with Crippen molar-refractivity contribution in [3.63, 3.8) is 0 Å². The Hall–Kier alpha value is -3.98. The summed E-state index contributed by atoms with van der Waals surface area (Å²) in [5, 5.41) is 9.23. The third-order valence-corrected chi connectivity index (χ3v) is 6.38. The smallest absolute Gasteiger partial charge is 0.248 e. The number of aryl methyl sites for hydroxylation is 1. The first-order chi connectivity index (χ1) is 18.5. The number of rotatable bonds is 10. The van der Waals surface area contributed by atoms with E-state index in [4.69, 9.17) is 10.5 Å². The molecule has 1 saturated heterocycles. The lowest BCUT2D eigenvalue weighted by molar-refractivity contribution is -0.118.